The van der Waals surface area contributed by atoms with Crippen LogP contribution in [0.4, 0.5) is 0 Å². The van der Waals surface area contributed by atoms with Gasteiger partial charge in [0.25, 0.3) is 0 Å². The van der Waals surface area contributed by atoms with E-state index in [1.165, 1.54) is 12.1 Å². The van der Waals surface area contributed by atoms with E-state index in [1.807, 2.05) is 0 Å². The highest BCUT2D eigenvalue weighted by Gasteiger charge is 2.30. The molecule has 0 unspecified atom stereocenters. The summed E-state index contributed by atoms with van der Waals surface area (Å²) < 4.78 is 0. The van der Waals surface area contributed by atoms with Crippen LogP contribution in [0.25, 0.3) is 22.3 Å². The van der Waals surface area contributed by atoms with Crippen LogP contribution in [0, 0.1) is 0 Å². The number of carboxylic acids is 6. The number of rotatable bonds is 6. The van der Waals surface area contributed by atoms with E-state index in [-0.39, 0.29) is 33.5 Å². The highest BCUT2D eigenvalue weighted by molar-refractivity contribution is 6.19. The van der Waals surface area contributed by atoms with E-state index in [1.54, 1.807) is 0 Å². The summed E-state index contributed by atoms with van der Waals surface area (Å²) in [6.07, 6.45) is 0. The van der Waals surface area contributed by atoms with Crippen molar-refractivity contribution in [3.63, 3.8) is 0 Å². The number of aromatic carboxylic acids is 2. The molecule has 0 amide bonds. The third kappa shape index (κ3) is 4.11. The lowest BCUT2D eigenvalue weighted by atomic mass is 10.1. The van der Waals surface area contributed by atoms with E-state index in [4.69, 9.17) is 0 Å². The first-order chi connectivity index (χ1) is 19.8. The first-order valence-corrected chi connectivity index (χ1v) is 11.5. The smallest absolute Gasteiger partial charge is 0.339 e. The van der Waals surface area contributed by atoms with Gasteiger partial charge < -0.3 is 50.6 Å². The first-order valence-electron chi connectivity index (χ1n) is 11.5. The Morgan fingerprint density at radius 1 is 0.381 bits per heavy atom. The lowest BCUT2D eigenvalue weighted by Crippen LogP contribution is -2.25. The van der Waals surface area contributed by atoms with Crippen LogP contribution in [0.3, 0.4) is 0 Å². The number of carbonyl (C=O) groups is 6. The summed E-state index contributed by atoms with van der Waals surface area (Å²) in [6, 6.07) is 7.05. The maximum Gasteiger partial charge on any atom is 0.339 e. The van der Waals surface area contributed by atoms with Crippen LogP contribution in [0.5, 0.6) is 0 Å². The molecule has 10 N–H and O–H groups in total. The maximum atomic E-state index is 12.5. The van der Waals surface area contributed by atoms with Gasteiger partial charge in [-0.3, -0.25) is 0 Å². The topological polar surface area (TPSA) is 287 Å². The number of aromatic amines is 4. The summed E-state index contributed by atoms with van der Waals surface area (Å²) >= 11 is 0. The highest BCUT2D eigenvalue weighted by Crippen LogP contribution is 2.20. The number of hydrogen-bond donors (Lipinski definition) is 10. The largest absolute Gasteiger partial charge is 0.478 e. The summed E-state index contributed by atoms with van der Waals surface area (Å²) in [4.78, 5) is 84.3. The van der Waals surface area contributed by atoms with Crippen molar-refractivity contribution in [3.05, 3.63) is 91.7 Å². The molecule has 0 fully saturated rings. The van der Waals surface area contributed by atoms with E-state index in [9.17, 15) is 59.4 Å². The molecule has 0 spiro atoms. The molecule has 5 rings (SSSR count). The fourth-order valence-electron chi connectivity index (χ4n) is 4.83. The molecule has 4 aromatic rings. The lowest BCUT2D eigenvalue weighted by molar-refractivity contribution is -0.131. The summed E-state index contributed by atoms with van der Waals surface area (Å²) in [7, 11) is 0. The second-order valence-corrected chi connectivity index (χ2v) is 8.81. The van der Waals surface area contributed by atoms with E-state index in [2.05, 4.69) is 19.9 Å². The minimum absolute atomic E-state index is 0.0975. The third-order valence-electron chi connectivity index (χ3n) is 6.46. The number of fused-ring (bicyclic) bond motifs is 8. The SMILES string of the molecule is O=C(O)C1=c2ccc([nH]2)=C(C(=O)O)c2ccc([nH]2)C(C(=O)O)=c2[nH]c(c(C(=O)O)c2C(=O)O)=C(C(=O)O)c2ccc1[nH]2. The lowest BCUT2D eigenvalue weighted by Gasteiger charge is -2.03. The quantitative estimate of drug-likeness (QED) is 0.117. The highest BCUT2D eigenvalue weighted by atomic mass is 16.4. The molecule has 16 heteroatoms. The summed E-state index contributed by atoms with van der Waals surface area (Å²) in [5, 5.41) is 58.2. The van der Waals surface area contributed by atoms with Crippen LogP contribution in [0.1, 0.15) is 43.5 Å². The minimum Gasteiger partial charge on any atom is -0.478 e. The van der Waals surface area contributed by atoms with E-state index < -0.39 is 79.9 Å². The molecule has 42 heavy (non-hydrogen) atoms. The molecule has 0 aromatic carbocycles. The van der Waals surface area contributed by atoms with Gasteiger partial charge in [0.05, 0.1) is 44.2 Å². The maximum absolute atomic E-state index is 12.5. The van der Waals surface area contributed by atoms with E-state index in [0.717, 1.165) is 24.3 Å². The molecule has 0 saturated heterocycles. The number of H-pyrrole nitrogens is 4. The number of carboxylic acid groups (broad SMARTS) is 6. The average Bonchev–Trinajstić information content (AvgIpc) is 3.67. The summed E-state index contributed by atoms with van der Waals surface area (Å²) in [6.45, 7) is 0. The molecular weight excluding hydrogens is 560 g/mol. The monoisotopic (exact) mass is 576 g/mol. The van der Waals surface area contributed by atoms with Gasteiger partial charge in [-0.2, -0.15) is 0 Å². The van der Waals surface area contributed by atoms with Crippen molar-refractivity contribution in [2.75, 3.05) is 0 Å². The molecule has 0 saturated carbocycles. The molecule has 0 atom stereocenters. The number of hydrogen-bond acceptors (Lipinski definition) is 6. The molecule has 16 nitrogen and oxygen atoms in total. The number of aliphatic carboxylic acids is 4. The zero-order chi connectivity index (χ0) is 30.6. The fraction of sp³-hybridized carbons (Fsp3) is 0. The predicted octanol–water partition coefficient (Wildman–Crippen LogP) is -2.16. The fourth-order valence-corrected chi connectivity index (χ4v) is 4.83. The van der Waals surface area contributed by atoms with Crippen molar-refractivity contribution in [1.82, 2.24) is 19.9 Å². The van der Waals surface area contributed by atoms with E-state index in [0.29, 0.717) is 0 Å². The van der Waals surface area contributed by atoms with Gasteiger partial charge in [0, 0.05) is 0 Å². The van der Waals surface area contributed by atoms with Crippen LogP contribution < -0.4 is 21.4 Å². The number of nitrogens with one attached hydrogen (secondary N) is 4. The minimum atomic E-state index is -1.91. The van der Waals surface area contributed by atoms with Crippen LogP contribution in [-0.4, -0.2) is 86.4 Å². The van der Waals surface area contributed by atoms with Gasteiger partial charge in [-0.1, -0.05) is 0 Å². The molecule has 1 aliphatic rings. The second-order valence-electron chi connectivity index (χ2n) is 8.81. The molecule has 5 heterocycles. The van der Waals surface area contributed by atoms with Crippen LogP contribution >= 0.6 is 0 Å². The molecule has 1 aliphatic heterocycles. The third-order valence-corrected chi connectivity index (χ3v) is 6.46. The van der Waals surface area contributed by atoms with Gasteiger partial charge in [0.15, 0.2) is 0 Å². The van der Waals surface area contributed by atoms with Gasteiger partial charge in [-0.25, -0.2) is 28.8 Å². The van der Waals surface area contributed by atoms with E-state index >= 15 is 0 Å². The van der Waals surface area contributed by atoms with Crippen LogP contribution in [0.15, 0.2) is 36.4 Å². The molecular formula is C26H16N4O12. The predicted molar refractivity (Wildman–Crippen MR) is 136 cm³/mol. The van der Waals surface area contributed by atoms with Crippen molar-refractivity contribution >= 4 is 58.1 Å². The van der Waals surface area contributed by atoms with Crippen molar-refractivity contribution in [3.8, 4) is 0 Å². The Hall–Kier alpha value is -6.58. The zero-order valence-corrected chi connectivity index (χ0v) is 20.6. The normalized spacial score (nSPS) is 12.8. The summed E-state index contributed by atoms with van der Waals surface area (Å²) in [5.74, 6) is -10.4. The van der Waals surface area contributed by atoms with Gasteiger partial charge in [0.2, 0.25) is 0 Å². The summed E-state index contributed by atoms with van der Waals surface area (Å²) in [5.41, 5.74) is -5.84. The molecule has 212 valence electrons. The average molecular weight is 576 g/mol. The molecule has 0 radical (unpaired) electrons. The zero-order valence-electron chi connectivity index (χ0n) is 20.6. The molecule has 8 bridgehead atoms. The van der Waals surface area contributed by atoms with Crippen LogP contribution in [-0.2, 0) is 19.2 Å². The van der Waals surface area contributed by atoms with Gasteiger partial charge in [-0.05, 0) is 36.4 Å². The Labute approximate surface area is 229 Å². The Kier molecular flexibility index (Phi) is 6.15. The van der Waals surface area contributed by atoms with Crippen LogP contribution in [0.2, 0.25) is 0 Å². The van der Waals surface area contributed by atoms with Crippen molar-refractivity contribution in [1.29, 1.82) is 0 Å². The van der Waals surface area contributed by atoms with Crippen molar-refractivity contribution in [2.24, 2.45) is 0 Å². The van der Waals surface area contributed by atoms with Gasteiger partial charge in [-0.15, -0.1) is 0 Å². The molecule has 0 aliphatic carbocycles. The Morgan fingerprint density at radius 2 is 0.690 bits per heavy atom. The Morgan fingerprint density at radius 3 is 0.976 bits per heavy atom. The number of aromatic nitrogens is 4. The Bertz CT molecular complexity index is 2020. The standard InChI is InChI=1S/C26H16N4O12/c31-21(32)13-7-1-2-8(27-7)14(22(33)34)10-4-6-12(29-10)16(24(37)38)20-18(26(41)42)17(25(39)40)19(30-20)15(23(35)36)11-5-3-9(13)28-11/h1-6,27-30H,(H,31,32)(H,33,34)(H,35,36)(H,37,38)(H,39,40)(H,41,42). The van der Waals surface area contributed by atoms with Gasteiger partial charge in [0.1, 0.15) is 33.4 Å². The second kappa shape index (κ2) is 9.56. The Balaban J connectivity index is 2.14. The van der Waals surface area contributed by atoms with Crippen molar-refractivity contribution in [2.45, 2.75) is 0 Å². The van der Waals surface area contributed by atoms with Gasteiger partial charge >= 0.3 is 35.8 Å². The molecule has 4 aromatic heterocycles. The first kappa shape index (κ1) is 27.0. The van der Waals surface area contributed by atoms with Crippen molar-refractivity contribution < 1.29 is 59.4 Å².